The second-order valence-corrected chi connectivity index (χ2v) is 10.9. The lowest BCUT2D eigenvalue weighted by molar-refractivity contribution is 0.0180. The van der Waals surface area contributed by atoms with Crippen LogP contribution in [-0.4, -0.2) is 77.5 Å². The fourth-order valence-electron chi connectivity index (χ4n) is 3.58. The van der Waals surface area contributed by atoms with Crippen molar-refractivity contribution in [2.45, 2.75) is 110 Å². The van der Waals surface area contributed by atoms with Crippen molar-refractivity contribution in [1.82, 2.24) is 15.1 Å². The summed E-state index contributed by atoms with van der Waals surface area (Å²) in [7, 11) is 0. The summed E-state index contributed by atoms with van der Waals surface area (Å²) < 4.78 is 10.6. The third-order valence-corrected chi connectivity index (χ3v) is 4.75. The third kappa shape index (κ3) is 12.2. The van der Waals surface area contributed by atoms with Crippen LogP contribution in [-0.2, 0) is 9.47 Å². The first-order valence-corrected chi connectivity index (χ1v) is 11.6. The first-order chi connectivity index (χ1) is 14.2. The van der Waals surface area contributed by atoms with Gasteiger partial charge in [-0.05, 0) is 67.2 Å². The SMILES string of the molecule is CC(C)(C)OC(=O)N1CCC[C@@H](N)C1.CC(C)N[C@@H]1CCCN(C(=O)OC(C)(C)C)C1. The van der Waals surface area contributed by atoms with Gasteiger partial charge in [0.15, 0.2) is 0 Å². The van der Waals surface area contributed by atoms with Crippen molar-refractivity contribution >= 4 is 12.2 Å². The van der Waals surface area contributed by atoms with Gasteiger partial charge in [-0.3, -0.25) is 0 Å². The van der Waals surface area contributed by atoms with Gasteiger partial charge in [0.1, 0.15) is 11.2 Å². The van der Waals surface area contributed by atoms with E-state index in [1.165, 1.54) is 0 Å². The number of ether oxygens (including phenoxy) is 2. The van der Waals surface area contributed by atoms with Crippen molar-refractivity contribution in [2.24, 2.45) is 5.73 Å². The molecule has 2 aliphatic rings. The lowest BCUT2D eigenvalue weighted by Crippen LogP contribution is -2.50. The topological polar surface area (TPSA) is 97.1 Å². The molecule has 0 bridgehead atoms. The third-order valence-electron chi connectivity index (χ3n) is 4.75. The molecule has 0 saturated carbocycles. The molecule has 2 rings (SSSR count). The van der Waals surface area contributed by atoms with E-state index in [0.29, 0.717) is 18.6 Å². The van der Waals surface area contributed by atoms with Crippen LogP contribution in [0.3, 0.4) is 0 Å². The van der Waals surface area contributed by atoms with E-state index < -0.39 is 11.2 Å². The first kappa shape index (κ1) is 27.5. The van der Waals surface area contributed by atoms with Crippen molar-refractivity contribution in [3.8, 4) is 0 Å². The normalized spacial score (nSPS) is 22.5. The van der Waals surface area contributed by atoms with E-state index in [-0.39, 0.29) is 18.2 Å². The molecule has 2 fully saturated rings. The van der Waals surface area contributed by atoms with E-state index in [4.69, 9.17) is 15.2 Å². The molecular formula is C23H46N4O4. The minimum absolute atomic E-state index is 0.108. The summed E-state index contributed by atoms with van der Waals surface area (Å²) in [6.07, 6.45) is 3.72. The highest BCUT2D eigenvalue weighted by Crippen LogP contribution is 2.16. The number of hydrogen-bond donors (Lipinski definition) is 2. The number of carbonyl (C=O) groups is 2. The predicted octanol–water partition coefficient (Wildman–Crippen LogP) is 3.73. The quantitative estimate of drug-likeness (QED) is 0.676. The Morgan fingerprint density at radius 2 is 1.32 bits per heavy atom. The first-order valence-electron chi connectivity index (χ1n) is 11.6. The van der Waals surface area contributed by atoms with Gasteiger partial charge in [-0.2, -0.15) is 0 Å². The molecule has 3 N–H and O–H groups in total. The average molecular weight is 443 g/mol. The molecule has 2 atom stereocenters. The minimum atomic E-state index is -0.418. The lowest BCUT2D eigenvalue weighted by atomic mass is 10.1. The molecule has 0 aliphatic carbocycles. The van der Waals surface area contributed by atoms with Crippen LogP contribution in [0.2, 0.25) is 0 Å². The van der Waals surface area contributed by atoms with E-state index >= 15 is 0 Å². The Balaban J connectivity index is 0.000000316. The standard InChI is InChI=1S/C13H26N2O2.C10H20N2O2/c1-10(2)14-11-7-6-8-15(9-11)12(16)17-13(3,4)5;1-10(2,3)14-9(13)12-6-4-5-8(11)7-12/h10-11,14H,6-9H2,1-5H3;8H,4-7,11H2,1-3H3/t11-;8-/m11/s1. The molecule has 8 nitrogen and oxygen atoms in total. The molecule has 0 aromatic carbocycles. The van der Waals surface area contributed by atoms with Gasteiger partial charge in [0.25, 0.3) is 0 Å². The molecular weight excluding hydrogens is 396 g/mol. The summed E-state index contributed by atoms with van der Waals surface area (Å²) in [6.45, 7) is 18.5. The molecule has 182 valence electrons. The highest BCUT2D eigenvalue weighted by atomic mass is 16.6. The smallest absolute Gasteiger partial charge is 0.410 e. The number of hydrogen-bond acceptors (Lipinski definition) is 6. The zero-order valence-corrected chi connectivity index (χ0v) is 21.0. The van der Waals surface area contributed by atoms with Crippen LogP contribution in [0.5, 0.6) is 0 Å². The summed E-state index contributed by atoms with van der Waals surface area (Å²) >= 11 is 0. The highest BCUT2D eigenvalue weighted by molar-refractivity contribution is 5.68. The van der Waals surface area contributed by atoms with Gasteiger partial charge in [0.2, 0.25) is 0 Å². The highest BCUT2D eigenvalue weighted by Gasteiger charge is 2.28. The fourth-order valence-corrected chi connectivity index (χ4v) is 3.58. The summed E-state index contributed by atoms with van der Waals surface area (Å²) in [5, 5.41) is 3.48. The van der Waals surface area contributed by atoms with Crippen molar-refractivity contribution in [3.05, 3.63) is 0 Å². The van der Waals surface area contributed by atoms with Gasteiger partial charge in [-0.1, -0.05) is 13.8 Å². The van der Waals surface area contributed by atoms with Crippen molar-refractivity contribution in [2.75, 3.05) is 26.2 Å². The van der Waals surface area contributed by atoms with Crippen LogP contribution >= 0.6 is 0 Å². The number of nitrogens with zero attached hydrogens (tertiary/aromatic N) is 2. The molecule has 0 aromatic rings. The Bertz CT molecular complexity index is 569. The van der Waals surface area contributed by atoms with Crippen molar-refractivity contribution in [1.29, 1.82) is 0 Å². The van der Waals surface area contributed by atoms with Crippen molar-refractivity contribution < 1.29 is 19.1 Å². The number of rotatable bonds is 2. The zero-order valence-electron chi connectivity index (χ0n) is 21.0. The maximum Gasteiger partial charge on any atom is 0.410 e. The summed E-state index contributed by atoms with van der Waals surface area (Å²) in [5.74, 6) is 0. The molecule has 2 heterocycles. The van der Waals surface area contributed by atoms with Gasteiger partial charge in [0, 0.05) is 44.3 Å². The van der Waals surface area contributed by atoms with Gasteiger partial charge in [-0.25, -0.2) is 9.59 Å². The Kier molecular flexibility index (Phi) is 10.6. The lowest BCUT2D eigenvalue weighted by Gasteiger charge is -2.35. The second kappa shape index (κ2) is 11.9. The zero-order chi connectivity index (χ0) is 23.8. The van der Waals surface area contributed by atoms with Crippen LogP contribution in [0, 0.1) is 0 Å². The van der Waals surface area contributed by atoms with E-state index in [1.54, 1.807) is 4.90 Å². The molecule has 2 aliphatic heterocycles. The summed E-state index contributed by atoms with van der Waals surface area (Å²) in [5.41, 5.74) is 4.95. The van der Waals surface area contributed by atoms with E-state index in [0.717, 1.165) is 45.3 Å². The second-order valence-electron chi connectivity index (χ2n) is 10.9. The van der Waals surface area contributed by atoms with Crippen LogP contribution in [0.1, 0.15) is 81.1 Å². The van der Waals surface area contributed by atoms with E-state index in [9.17, 15) is 9.59 Å². The van der Waals surface area contributed by atoms with Crippen LogP contribution in [0.15, 0.2) is 0 Å². The number of piperidine rings is 2. The molecule has 0 spiro atoms. The molecule has 31 heavy (non-hydrogen) atoms. The fraction of sp³-hybridized carbons (Fsp3) is 0.913. The summed E-state index contributed by atoms with van der Waals surface area (Å²) in [6, 6.07) is 0.964. The maximum atomic E-state index is 11.9. The Morgan fingerprint density at radius 1 is 0.871 bits per heavy atom. The largest absolute Gasteiger partial charge is 0.444 e. The van der Waals surface area contributed by atoms with Gasteiger partial charge >= 0.3 is 12.2 Å². The van der Waals surface area contributed by atoms with Crippen LogP contribution in [0.4, 0.5) is 9.59 Å². The van der Waals surface area contributed by atoms with Gasteiger partial charge in [0.05, 0.1) is 0 Å². The monoisotopic (exact) mass is 442 g/mol. The molecule has 0 radical (unpaired) electrons. The molecule has 8 heteroatoms. The van der Waals surface area contributed by atoms with Crippen LogP contribution < -0.4 is 11.1 Å². The van der Waals surface area contributed by atoms with Crippen molar-refractivity contribution in [3.63, 3.8) is 0 Å². The number of amides is 2. The number of nitrogens with one attached hydrogen (secondary N) is 1. The van der Waals surface area contributed by atoms with Gasteiger partial charge in [-0.15, -0.1) is 0 Å². The number of likely N-dealkylation sites (tertiary alicyclic amines) is 2. The van der Waals surface area contributed by atoms with E-state index in [2.05, 4.69) is 19.2 Å². The van der Waals surface area contributed by atoms with E-state index in [1.807, 2.05) is 46.4 Å². The maximum absolute atomic E-state index is 11.9. The molecule has 2 amide bonds. The van der Waals surface area contributed by atoms with Gasteiger partial charge < -0.3 is 30.3 Å². The molecule has 2 saturated heterocycles. The minimum Gasteiger partial charge on any atom is -0.444 e. The predicted molar refractivity (Wildman–Crippen MR) is 124 cm³/mol. The molecule has 0 unspecified atom stereocenters. The molecule has 0 aromatic heterocycles. The van der Waals surface area contributed by atoms with Crippen LogP contribution in [0.25, 0.3) is 0 Å². The Labute approximate surface area is 189 Å². The average Bonchev–Trinajstić information content (AvgIpc) is 2.59. The Morgan fingerprint density at radius 3 is 1.74 bits per heavy atom. The summed E-state index contributed by atoms with van der Waals surface area (Å²) in [4.78, 5) is 27.0. The Hall–Kier alpha value is -1.54. The number of nitrogens with two attached hydrogens (primary N) is 1. The number of carbonyl (C=O) groups excluding carboxylic acids is 2.